The van der Waals surface area contributed by atoms with Crippen molar-refractivity contribution in [3.8, 4) is 0 Å². The Hall–Kier alpha value is -2.82. The summed E-state index contributed by atoms with van der Waals surface area (Å²) < 4.78 is 1.60. The zero-order valence-electron chi connectivity index (χ0n) is 13.2. The van der Waals surface area contributed by atoms with Gasteiger partial charge in [-0.25, -0.2) is 4.79 Å². The normalized spacial score (nSPS) is 10.9. The molecule has 0 spiro atoms. The average molecular weight is 309 g/mol. The van der Waals surface area contributed by atoms with Crippen LogP contribution < -0.4 is 11.0 Å². The highest BCUT2D eigenvalue weighted by atomic mass is 16.2. The Morgan fingerprint density at radius 3 is 2.61 bits per heavy atom. The van der Waals surface area contributed by atoms with Gasteiger partial charge in [-0.15, -0.1) is 0 Å². The lowest BCUT2D eigenvalue weighted by Crippen LogP contribution is -2.22. The molecule has 0 bridgehead atoms. The third-order valence-corrected chi connectivity index (χ3v) is 4.11. The molecular weight excluding hydrogens is 290 g/mol. The van der Waals surface area contributed by atoms with E-state index in [4.69, 9.17) is 0 Å². The van der Waals surface area contributed by atoms with E-state index >= 15 is 0 Å². The standard InChI is InChI=1S/C18H19N3O2/c1-12-13(2)21(18(23)19-12)11-10-17(22)20-16-9-5-7-14-6-3-4-8-15(14)16/h3-9H,10-11H2,1-2H3,(H,19,23)(H,20,22). The Morgan fingerprint density at radius 2 is 1.87 bits per heavy atom. The molecule has 0 radical (unpaired) electrons. The number of aromatic nitrogens is 2. The van der Waals surface area contributed by atoms with Crippen LogP contribution >= 0.6 is 0 Å². The average Bonchev–Trinajstić information content (AvgIpc) is 2.78. The predicted molar refractivity (Wildman–Crippen MR) is 91.7 cm³/mol. The van der Waals surface area contributed by atoms with E-state index in [-0.39, 0.29) is 18.0 Å². The first-order chi connectivity index (χ1) is 11.1. The third-order valence-electron chi connectivity index (χ3n) is 4.11. The first-order valence-corrected chi connectivity index (χ1v) is 7.60. The van der Waals surface area contributed by atoms with Gasteiger partial charge in [0, 0.05) is 35.4 Å². The summed E-state index contributed by atoms with van der Waals surface area (Å²) in [4.78, 5) is 26.8. The summed E-state index contributed by atoms with van der Waals surface area (Å²) in [6, 6.07) is 13.7. The molecule has 3 rings (SSSR count). The molecule has 2 aromatic carbocycles. The van der Waals surface area contributed by atoms with Gasteiger partial charge in [0.2, 0.25) is 5.91 Å². The molecule has 1 heterocycles. The number of rotatable bonds is 4. The van der Waals surface area contributed by atoms with E-state index < -0.39 is 0 Å². The lowest BCUT2D eigenvalue weighted by Gasteiger charge is -2.09. The predicted octanol–water partition coefficient (Wildman–Crippen LogP) is 2.98. The van der Waals surface area contributed by atoms with Gasteiger partial charge in [0.05, 0.1) is 0 Å². The Balaban J connectivity index is 1.73. The number of carbonyl (C=O) groups excluding carboxylic acids is 1. The van der Waals surface area contributed by atoms with Gasteiger partial charge in [0.25, 0.3) is 0 Å². The van der Waals surface area contributed by atoms with Gasteiger partial charge in [-0.05, 0) is 25.3 Å². The highest BCUT2D eigenvalue weighted by Gasteiger charge is 2.10. The second-order valence-corrected chi connectivity index (χ2v) is 5.62. The molecule has 1 amide bonds. The molecule has 118 valence electrons. The second kappa shape index (κ2) is 6.12. The first-order valence-electron chi connectivity index (χ1n) is 7.60. The molecule has 0 fully saturated rings. The molecule has 1 aromatic heterocycles. The molecule has 0 saturated heterocycles. The molecule has 0 aliphatic rings. The summed E-state index contributed by atoms with van der Waals surface area (Å²) >= 11 is 0. The van der Waals surface area contributed by atoms with Crippen LogP contribution in [0.1, 0.15) is 17.8 Å². The summed E-state index contributed by atoms with van der Waals surface area (Å²) in [5.74, 6) is -0.105. The van der Waals surface area contributed by atoms with Gasteiger partial charge in [-0.2, -0.15) is 0 Å². The molecule has 5 nitrogen and oxygen atoms in total. The molecule has 0 saturated carbocycles. The monoisotopic (exact) mass is 309 g/mol. The number of aryl methyl sites for hydroxylation is 1. The summed E-state index contributed by atoms with van der Waals surface area (Å²) in [7, 11) is 0. The van der Waals surface area contributed by atoms with Crippen LogP contribution in [-0.4, -0.2) is 15.5 Å². The van der Waals surface area contributed by atoms with E-state index in [1.807, 2.05) is 56.3 Å². The van der Waals surface area contributed by atoms with Crippen LogP contribution in [0.15, 0.2) is 47.3 Å². The Morgan fingerprint density at radius 1 is 1.13 bits per heavy atom. The van der Waals surface area contributed by atoms with Crippen LogP contribution in [0.2, 0.25) is 0 Å². The quantitative estimate of drug-likeness (QED) is 0.778. The maximum atomic E-state index is 12.2. The molecule has 0 unspecified atom stereocenters. The topological polar surface area (TPSA) is 66.9 Å². The highest BCUT2D eigenvalue weighted by molar-refractivity contribution is 6.02. The molecule has 0 aliphatic heterocycles. The van der Waals surface area contributed by atoms with Gasteiger partial charge in [0.15, 0.2) is 0 Å². The van der Waals surface area contributed by atoms with Crippen LogP contribution in [0.4, 0.5) is 5.69 Å². The number of anilines is 1. The fourth-order valence-corrected chi connectivity index (χ4v) is 2.70. The van der Waals surface area contributed by atoms with Crippen LogP contribution in [-0.2, 0) is 11.3 Å². The molecule has 3 aromatic rings. The largest absolute Gasteiger partial charge is 0.325 e. The van der Waals surface area contributed by atoms with Gasteiger partial charge in [0.1, 0.15) is 0 Å². The van der Waals surface area contributed by atoms with Crippen molar-refractivity contribution in [1.82, 2.24) is 9.55 Å². The number of nitrogens with zero attached hydrogens (tertiary/aromatic N) is 1. The molecular formula is C18H19N3O2. The summed E-state index contributed by atoms with van der Waals surface area (Å²) in [5.41, 5.74) is 2.33. The fourth-order valence-electron chi connectivity index (χ4n) is 2.70. The van der Waals surface area contributed by atoms with Crippen molar-refractivity contribution in [2.24, 2.45) is 0 Å². The van der Waals surface area contributed by atoms with Crippen LogP contribution in [0.3, 0.4) is 0 Å². The highest BCUT2D eigenvalue weighted by Crippen LogP contribution is 2.23. The van der Waals surface area contributed by atoms with E-state index in [0.29, 0.717) is 6.54 Å². The van der Waals surface area contributed by atoms with Crippen molar-refractivity contribution in [3.05, 3.63) is 64.3 Å². The van der Waals surface area contributed by atoms with E-state index in [1.54, 1.807) is 4.57 Å². The van der Waals surface area contributed by atoms with Crippen molar-refractivity contribution in [2.75, 3.05) is 5.32 Å². The minimum atomic E-state index is -0.169. The second-order valence-electron chi connectivity index (χ2n) is 5.62. The number of amides is 1. The zero-order chi connectivity index (χ0) is 16.4. The van der Waals surface area contributed by atoms with E-state index in [1.165, 1.54) is 0 Å². The van der Waals surface area contributed by atoms with Gasteiger partial charge in [-0.1, -0.05) is 36.4 Å². The lowest BCUT2D eigenvalue weighted by atomic mass is 10.1. The van der Waals surface area contributed by atoms with Gasteiger partial charge in [-0.3, -0.25) is 9.36 Å². The summed E-state index contributed by atoms with van der Waals surface area (Å²) in [6.45, 7) is 4.09. The van der Waals surface area contributed by atoms with Crippen LogP contribution in [0, 0.1) is 13.8 Å². The first kappa shape index (κ1) is 15.1. The van der Waals surface area contributed by atoms with E-state index in [2.05, 4.69) is 10.3 Å². The molecule has 0 atom stereocenters. The Labute approximate surface area is 134 Å². The van der Waals surface area contributed by atoms with Crippen molar-refractivity contribution in [3.63, 3.8) is 0 Å². The Kier molecular flexibility index (Phi) is 4.02. The van der Waals surface area contributed by atoms with E-state index in [0.717, 1.165) is 27.8 Å². The minimum Gasteiger partial charge on any atom is -0.325 e. The molecule has 5 heteroatoms. The summed E-state index contributed by atoms with van der Waals surface area (Å²) in [5, 5.41) is 5.03. The van der Waals surface area contributed by atoms with Crippen molar-refractivity contribution in [1.29, 1.82) is 0 Å². The third kappa shape index (κ3) is 3.04. The van der Waals surface area contributed by atoms with E-state index in [9.17, 15) is 9.59 Å². The van der Waals surface area contributed by atoms with Gasteiger partial charge < -0.3 is 10.3 Å². The molecule has 23 heavy (non-hydrogen) atoms. The zero-order valence-corrected chi connectivity index (χ0v) is 13.2. The number of H-pyrrole nitrogens is 1. The number of aromatic amines is 1. The van der Waals surface area contributed by atoms with Crippen molar-refractivity contribution in [2.45, 2.75) is 26.8 Å². The number of benzene rings is 2. The molecule has 2 N–H and O–H groups in total. The van der Waals surface area contributed by atoms with Gasteiger partial charge >= 0.3 is 5.69 Å². The number of hydrogen-bond acceptors (Lipinski definition) is 2. The summed E-state index contributed by atoms with van der Waals surface area (Å²) in [6.07, 6.45) is 0.251. The number of fused-ring (bicyclic) bond motifs is 1. The fraction of sp³-hybridized carbons (Fsp3) is 0.222. The maximum Gasteiger partial charge on any atom is 0.325 e. The smallest absolute Gasteiger partial charge is 0.325 e. The number of carbonyl (C=O) groups is 1. The maximum absolute atomic E-state index is 12.2. The van der Waals surface area contributed by atoms with Crippen molar-refractivity contribution >= 4 is 22.4 Å². The molecule has 0 aliphatic carbocycles. The minimum absolute atomic E-state index is 0.105. The van der Waals surface area contributed by atoms with Crippen LogP contribution in [0.5, 0.6) is 0 Å². The SMILES string of the molecule is Cc1[nH]c(=O)n(CCC(=O)Nc2cccc3ccccc23)c1C. The Bertz CT molecular complexity index is 916. The number of hydrogen-bond donors (Lipinski definition) is 2. The lowest BCUT2D eigenvalue weighted by molar-refractivity contribution is -0.116. The van der Waals surface area contributed by atoms with Crippen molar-refractivity contribution < 1.29 is 4.79 Å². The number of imidazole rings is 1. The van der Waals surface area contributed by atoms with Crippen LogP contribution in [0.25, 0.3) is 10.8 Å². The number of nitrogens with one attached hydrogen (secondary N) is 2.